The van der Waals surface area contributed by atoms with E-state index in [-0.39, 0.29) is 0 Å². The van der Waals surface area contributed by atoms with E-state index >= 15 is 0 Å². The van der Waals surface area contributed by atoms with Gasteiger partial charge in [0.05, 0.1) is 0 Å². The fourth-order valence-electron chi connectivity index (χ4n) is 1.74. The topological polar surface area (TPSA) is 65.7 Å². The van der Waals surface area contributed by atoms with E-state index in [2.05, 4.69) is 55.5 Å². The van der Waals surface area contributed by atoms with Gasteiger partial charge in [0.2, 0.25) is 5.96 Å². The molecule has 0 aromatic rings. The molecule has 0 saturated heterocycles. The molecule has 0 heterocycles. The molecule has 0 aromatic heterocycles. The average molecular weight is 243 g/mol. The molecular weight excluding hydrogens is 214 g/mol. The van der Waals surface area contributed by atoms with Gasteiger partial charge in [-0.3, -0.25) is 10.4 Å². The summed E-state index contributed by atoms with van der Waals surface area (Å²) in [6, 6.07) is 0.372. The average Bonchev–Trinajstić information content (AvgIpc) is 2.22. The van der Waals surface area contributed by atoms with E-state index in [0.29, 0.717) is 17.9 Å². The largest absolute Gasteiger partial charge is 0.351 e. The van der Waals surface area contributed by atoms with Crippen molar-refractivity contribution >= 4 is 5.96 Å². The second kappa shape index (κ2) is 9.24. The first-order chi connectivity index (χ1) is 7.99. The predicted molar refractivity (Wildman–Crippen MR) is 74.8 cm³/mol. The summed E-state index contributed by atoms with van der Waals surface area (Å²) >= 11 is 0. The Morgan fingerprint density at radius 1 is 1.35 bits per heavy atom. The second-order valence-electron chi connectivity index (χ2n) is 5.11. The van der Waals surface area contributed by atoms with Crippen molar-refractivity contribution in [3.63, 3.8) is 0 Å². The maximum Gasteiger partial charge on any atom is 0.205 e. The fraction of sp³-hybridized carbons (Fsp3) is 0.917. The van der Waals surface area contributed by atoms with Crippen LogP contribution < -0.4 is 16.6 Å². The highest BCUT2D eigenvalue weighted by Gasteiger charge is 2.13. The number of nitrogens with one attached hydrogen (secondary N) is 2. The summed E-state index contributed by atoms with van der Waals surface area (Å²) < 4.78 is 0. The molecule has 17 heavy (non-hydrogen) atoms. The second-order valence-corrected chi connectivity index (χ2v) is 5.11. The SMILES string of the molecule is CCCN=C(NN)NC(CC(C)C)CN(C)C. The Balaban J connectivity index is 4.36. The van der Waals surface area contributed by atoms with Crippen LogP contribution in [0.15, 0.2) is 4.99 Å². The van der Waals surface area contributed by atoms with Crippen LogP contribution in [0.25, 0.3) is 0 Å². The highest BCUT2D eigenvalue weighted by Crippen LogP contribution is 2.05. The first-order valence-corrected chi connectivity index (χ1v) is 6.41. The van der Waals surface area contributed by atoms with Crippen LogP contribution in [0.1, 0.15) is 33.6 Å². The van der Waals surface area contributed by atoms with Crippen molar-refractivity contribution in [1.29, 1.82) is 0 Å². The van der Waals surface area contributed by atoms with E-state index in [0.717, 1.165) is 25.9 Å². The van der Waals surface area contributed by atoms with Gasteiger partial charge in [-0.15, -0.1) is 0 Å². The molecule has 0 spiro atoms. The highest BCUT2D eigenvalue weighted by atomic mass is 15.3. The molecule has 0 radical (unpaired) electrons. The number of rotatable bonds is 7. The van der Waals surface area contributed by atoms with Crippen LogP contribution >= 0.6 is 0 Å². The summed E-state index contributed by atoms with van der Waals surface area (Å²) in [4.78, 5) is 6.54. The minimum Gasteiger partial charge on any atom is -0.351 e. The molecule has 0 rings (SSSR count). The van der Waals surface area contributed by atoms with Gasteiger partial charge in [0.15, 0.2) is 0 Å². The summed E-state index contributed by atoms with van der Waals surface area (Å²) in [6.45, 7) is 8.32. The Bertz CT molecular complexity index is 203. The number of hydrogen-bond donors (Lipinski definition) is 3. The number of guanidine groups is 1. The molecule has 102 valence electrons. The smallest absolute Gasteiger partial charge is 0.205 e. The molecule has 1 atom stereocenters. The molecule has 0 aromatic carbocycles. The molecule has 0 aliphatic rings. The molecular formula is C12H29N5. The van der Waals surface area contributed by atoms with Crippen molar-refractivity contribution in [2.75, 3.05) is 27.2 Å². The van der Waals surface area contributed by atoms with Crippen molar-refractivity contribution in [2.24, 2.45) is 16.8 Å². The van der Waals surface area contributed by atoms with Crippen LogP contribution in [0.2, 0.25) is 0 Å². The van der Waals surface area contributed by atoms with Gasteiger partial charge in [-0.1, -0.05) is 20.8 Å². The highest BCUT2D eigenvalue weighted by molar-refractivity contribution is 5.79. The molecule has 4 N–H and O–H groups in total. The zero-order valence-electron chi connectivity index (χ0n) is 12.0. The fourth-order valence-corrected chi connectivity index (χ4v) is 1.74. The van der Waals surface area contributed by atoms with Gasteiger partial charge in [0.25, 0.3) is 0 Å². The predicted octanol–water partition coefficient (Wildman–Crippen LogP) is 0.782. The van der Waals surface area contributed by atoms with Crippen LogP contribution in [-0.4, -0.2) is 44.1 Å². The number of likely N-dealkylation sites (N-methyl/N-ethyl adjacent to an activating group) is 1. The lowest BCUT2D eigenvalue weighted by Crippen LogP contribution is -2.50. The van der Waals surface area contributed by atoms with Crippen molar-refractivity contribution in [2.45, 2.75) is 39.7 Å². The molecule has 1 unspecified atom stereocenters. The molecule has 0 bridgehead atoms. The van der Waals surface area contributed by atoms with Crippen LogP contribution in [0.5, 0.6) is 0 Å². The molecule has 0 saturated carbocycles. The molecule has 5 heteroatoms. The number of nitrogens with zero attached hydrogens (tertiary/aromatic N) is 2. The van der Waals surface area contributed by atoms with E-state index in [9.17, 15) is 0 Å². The van der Waals surface area contributed by atoms with Crippen molar-refractivity contribution < 1.29 is 0 Å². The van der Waals surface area contributed by atoms with Gasteiger partial charge in [0, 0.05) is 19.1 Å². The summed E-state index contributed by atoms with van der Waals surface area (Å²) in [5.41, 5.74) is 2.63. The van der Waals surface area contributed by atoms with Gasteiger partial charge in [-0.2, -0.15) is 0 Å². The van der Waals surface area contributed by atoms with E-state index in [1.54, 1.807) is 0 Å². The van der Waals surface area contributed by atoms with Gasteiger partial charge in [-0.05, 0) is 32.9 Å². The minimum absolute atomic E-state index is 0.372. The maximum atomic E-state index is 5.47. The third-order valence-electron chi connectivity index (χ3n) is 2.31. The maximum absolute atomic E-state index is 5.47. The lowest BCUT2D eigenvalue weighted by Gasteiger charge is -2.25. The van der Waals surface area contributed by atoms with E-state index < -0.39 is 0 Å². The molecule has 0 amide bonds. The van der Waals surface area contributed by atoms with Gasteiger partial charge < -0.3 is 10.2 Å². The monoisotopic (exact) mass is 243 g/mol. The normalized spacial score (nSPS) is 14.2. The van der Waals surface area contributed by atoms with E-state index in [4.69, 9.17) is 5.84 Å². The summed E-state index contributed by atoms with van der Waals surface area (Å²) in [6.07, 6.45) is 2.13. The minimum atomic E-state index is 0.372. The summed E-state index contributed by atoms with van der Waals surface area (Å²) in [5.74, 6) is 6.81. The number of hydrogen-bond acceptors (Lipinski definition) is 3. The molecule has 5 nitrogen and oxygen atoms in total. The Labute approximate surface area is 106 Å². The molecule has 0 aliphatic heterocycles. The van der Waals surface area contributed by atoms with Crippen LogP contribution in [-0.2, 0) is 0 Å². The number of nitrogens with two attached hydrogens (primary N) is 1. The molecule has 0 aliphatic carbocycles. The Kier molecular flexibility index (Phi) is 8.80. The van der Waals surface area contributed by atoms with Gasteiger partial charge in [-0.25, -0.2) is 5.84 Å². The van der Waals surface area contributed by atoms with Gasteiger partial charge >= 0.3 is 0 Å². The standard InChI is InChI=1S/C12H29N5/c1-6-7-14-12(16-13)15-11(8-10(2)3)9-17(4)5/h10-11H,6-9,13H2,1-5H3,(H2,14,15,16). The Morgan fingerprint density at radius 3 is 2.41 bits per heavy atom. The number of aliphatic imine (C=N–C) groups is 1. The van der Waals surface area contributed by atoms with Crippen LogP contribution in [0.4, 0.5) is 0 Å². The van der Waals surface area contributed by atoms with Crippen molar-refractivity contribution in [3.8, 4) is 0 Å². The summed E-state index contributed by atoms with van der Waals surface area (Å²) in [5, 5.41) is 3.37. The Morgan fingerprint density at radius 2 is 2.00 bits per heavy atom. The Hall–Kier alpha value is -0.810. The van der Waals surface area contributed by atoms with Crippen LogP contribution in [0.3, 0.4) is 0 Å². The first-order valence-electron chi connectivity index (χ1n) is 6.41. The third kappa shape index (κ3) is 8.94. The zero-order chi connectivity index (χ0) is 13.3. The number of hydrazine groups is 1. The van der Waals surface area contributed by atoms with Crippen molar-refractivity contribution in [1.82, 2.24) is 15.6 Å². The quantitative estimate of drug-likeness (QED) is 0.268. The van der Waals surface area contributed by atoms with E-state index in [1.807, 2.05) is 0 Å². The molecule has 0 fully saturated rings. The summed E-state index contributed by atoms with van der Waals surface area (Å²) in [7, 11) is 4.15. The third-order valence-corrected chi connectivity index (χ3v) is 2.31. The lowest BCUT2D eigenvalue weighted by atomic mass is 10.0. The van der Waals surface area contributed by atoms with Crippen molar-refractivity contribution in [3.05, 3.63) is 0 Å². The van der Waals surface area contributed by atoms with E-state index in [1.165, 1.54) is 0 Å². The first kappa shape index (κ1) is 16.2. The zero-order valence-corrected chi connectivity index (χ0v) is 12.0. The lowest BCUT2D eigenvalue weighted by molar-refractivity contribution is 0.326. The van der Waals surface area contributed by atoms with Gasteiger partial charge in [0.1, 0.15) is 0 Å². The van der Waals surface area contributed by atoms with Crippen LogP contribution in [0, 0.1) is 5.92 Å².